The molecule has 0 aliphatic rings. The Labute approximate surface area is 110 Å². The summed E-state index contributed by atoms with van der Waals surface area (Å²) < 4.78 is 26.7. The van der Waals surface area contributed by atoms with E-state index in [0.717, 1.165) is 23.8 Å². The van der Waals surface area contributed by atoms with Crippen molar-refractivity contribution >= 4 is 0 Å². The van der Waals surface area contributed by atoms with Crippen molar-refractivity contribution in [2.75, 3.05) is 6.61 Å². The number of rotatable bonds is 5. The molecule has 1 atom stereocenters. The molecule has 0 aliphatic heterocycles. The van der Waals surface area contributed by atoms with Crippen LogP contribution in [0.5, 0.6) is 0 Å². The van der Waals surface area contributed by atoms with Gasteiger partial charge in [0, 0.05) is 12.1 Å². The molecule has 4 heteroatoms. The summed E-state index contributed by atoms with van der Waals surface area (Å²) in [6, 6.07) is 12.1. The van der Waals surface area contributed by atoms with Gasteiger partial charge in [0.25, 0.3) is 0 Å². The molecule has 0 amide bonds. The highest BCUT2D eigenvalue weighted by molar-refractivity contribution is 5.23. The van der Waals surface area contributed by atoms with Crippen molar-refractivity contribution in [3.05, 3.63) is 71.3 Å². The Morgan fingerprint density at radius 2 is 1.79 bits per heavy atom. The third-order valence-electron chi connectivity index (χ3n) is 2.91. The van der Waals surface area contributed by atoms with Crippen LogP contribution in [0.1, 0.15) is 17.2 Å². The first kappa shape index (κ1) is 13.6. The summed E-state index contributed by atoms with van der Waals surface area (Å²) in [5.74, 6) is -1.04. The summed E-state index contributed by atoms with van der Waals surface area (Å²) in [6.07, 6.45) is 0. The van der Waals surface area contributed by atoms with Crippen LogP contribution < -0.4 is 5.32 Å². The third kappa shape index (κ3) is 3.59. The summed E-state index contributed by atoms with van der Waals surface area (Å²) in [7, 11) is 0. The molecule has 1 unspecified atom stereocenters. The van der Waals surface area contributed by atoms with Gasteiger partial charge in [-0.3, -0.25) is 0 Å². The molecule has 100 valence electrons. The molecule has 0 bridgehead atoms. The second-order valence-electron chi connectivity index (χ2n) is 4.27. The van der Waals surface area contributed by atoms with Crippen LogP contribution in [0, 0.1) is 11.6 Å². The lowest BCUT2D eigenvalue weighted by atomic mass is 10.1. The van der Waals surface area contributed by atoms with E-state index in [9.17, 15) is 13.9 Å². The number of benzene rings is 2. The molecule has 2 rings (SSSR count). The fourth-order valence-corrected chi connectivity index (χ4v) is 1.89. The average Bonchev–Trinajstić information content (AvgIpc) is 2.44. The average molecular weight is 263 g/mol. The van der Waals surface area contributed by atoms with Crippen LogP contribution in [0.4, 0.5) is 8.78 Å². The van der Waals surface area contributed by atoms with Crippen LogP contribution in [-0.4, -0.2) is 11.7 Å². The molecular formula is C15H15F2NO. The first-order chi connectivity index (χ1) is 9.20. The van der Waals surface area contributed by atoms with Gasteiger partial charge in [-0.15, -0.1) is 0 Å². The molecule has 19 heavy (non-hydrogen) atoms. The minimum Gasteiger partial charge on any atom is -0.394 e. The highest BCUT2D eigenvalue weighted by atomic mass is 19.1. The van der Waals surface area contributed by atoms with Gasteiger partial charge in [-0.2, -0.15) is 0 Å². The summed E-state index contributed by atoms with van der Waals surface area (Å²) >= 11 is 0. The van der Waals surface area contributed by atoms with Gasteiger partial charge in [0.15, 0.2) is 0 Å². The standard InChI is InChI=1S/C15H15F2NO/c16-12-6-7-14(17)13(8-12)15(10-19)18-9-11-4-2-1-3-5-11/h1-8,15,18-19H,9-10H2. The zero-order valence-electron chi connectivity index (χ0n) is 10.3. The van der Waals surface area contributed by atoms with E-state index in [-0.39, 0.29) is 12.2 Å². The van der Waals surface area contributed by atoms with E-state index >= 15 is 0 Å². The van der Waals surface area contributed by atoms with E-state index in [0.29, 0.717) is 6.54 Å². The van der Waals surface area contributed by atoms with Gasteiger partial charge in [0.05, 0.1) is 12.6 Å². The summed E-state index contributed by atoms with van der Waals surface area (Å²) in [5.41, 5.74) is 1.15. The highest BCUT2D eigenvalue weighted by Gasteiger charge is 2.15. The maximum Gasteiger partial charge on any atom is 0.128 e. The molecule has 0 spiro atoms. The molecule has 0 heterocycles. The van der Waals surface area contributed by atoms with E-state index in [1.807, 2.05) is 30.3 Å². The van der Waals surface area contributed by atoms with Crippen LogP contribution in [0.2, 0.25) is 0 Å². The van der Waals surface area contributed by atoms with Crippen LogP contribution in [0.3, 0.4) is 0 Å². The maximum atomic E-state index is 13.6. The fraction of sp³-hybridized carbons (Fsp3) is 0.200. The quantitative estimate of drug-likeness (QED) is 0.869. The highest BCUT2D eigenvalue weighted by Crippen LogP contribution is 2.18. The largest absolute Gasteiger partial charge is 0.394 e. The zero-order valence-corrected chi connectivity index (χ0v) is 10.3. The van der Waals surface area contributed by atoms with Crippen molar-refractivity contribution < 1.29 is 13.9 Å². The van der Waals surface area contributed by atoms with Gasteiger partial charge in [-0.1, -0.05) is 30.3 Å². The zero-order chi connectivity index (χ0) is 13.7. The minimum atomic E-state index is -0.629. The number of halogens is 2. The molecule has 0 saturated heterocycles. The molecule has 0 saturated carbocycles. The predicted octanol–water partition coefficient (Wildman–Crippen LogP) is 2.79. The number of hydrogen-bond acceptors (Lipinski definition) is 2. The first-order valence-electron chi connectivity index (χ1n) is 6.04. The molecule has 0 aromatic heterocycles. The monoisotopic (exact) mass is 263 g/mol. The second-order valence-corrected chi connectivity index (χ2v) is 4.27. The fourth-order valence-electron chi connectivity index (χ4n) is 1.89. The molecule has 0 fully saturated rings. The lowest BCUT2D eigenvalue weighted by Crippen LogP contribution is -2.25. The van der Waals surface area contributed by atoms with Crippen LogP contribution in [-0.2, 0) is 6.54 Å². The van der Waals surface area contributed by atoms with Crippen molar-refractivity contribution in [1.29, 1.82) is 0 Å². The van der Waals surface area contributed by atoms with Gasteiger partial charge < -0.3 is 10.4 Å². The van der Waals surface area contributed by atoms with Crippen molar-refractivity contribution in [2.24, 2.45) is 0 Å². The van der Waals surface area contributed by atoms with Crippen LogP contribution in [0.25, 0.3) is 0 Å². The SMILES string of the molecule is OCC(NCc1ccccc1)c1cc(F)ccc1F. The smallest absolute Gasteiger partial charge is 0.128 e. The predicted molar refractivity (Wildman–Crippen MR) is 69.5 cm³/mol. The van der Waals surface area contributed by atoms with E-state index in [4.69, 9.17) is 0 Å². The van der Waals surface area contributed by atoms with E-state index in [2.05, 4.69) is 5.32 Å². The summed E-state index contributed by atoms with van der Waals surface area (Å²) in [6.45, 7) is 0.176. The lowest BCUT2D eigenvalue weighted by Gasteiger charge is -2.17. The van der Waals surface area contributed by atoms with Gasteiger partial charge in [-0.25, -0.2) is 8.78 Å². The second kappa shape index (κ2) is 6.41. The lowest BCUT2D eigenvalue weighted by molar-refractivity contribution is 0.240. The van der Waals surface area contributed by atoms with Crippen molar-refractivity contribution in [1.82, 2.24) is 5.32 Å². The number of nitrogens with one attached hydrogen (secondary N) is 1. The number of aliphatic hydroxyl groups is 1. The molecule has 2 nitrogen and oxygen atoms in total. The van der Waals surface area contributed by atoms with Crippen LogP contribution >= 0.6 is 0 Å². The molecular weight excluding hydrogens is 248 g/mol. The number of hydrogen-bond donors (Lipinski definition) is 2. The molecule has 0 radical (unpaired) electrons. The Balaban J connectivity index is 2.10. The third-order valence-corrected chi connectivity index (χ3v) is 2.91. The molecule has 0 aliphatic carbocycles. The van der Waals surface area contributed by atoms with Crippen molar-refractivity contribution in [3.63, 3.8) is 0 Å². The Kier molecular flexibility index (Phi) is 4.60. The van der Waals surface area contributed by atoms with E-state index in [1.165, 1.54) is 0 Å². The molecule has 2 aromatic rings. The minimum absolute atomic E-state index is 0.137. The molecule has 2 aromatic carbocycles. The van der Waals surface area contributed by atoms with Crippen molar-refractivity contribution in [2.45, 2.75) is 12.6 Å². The summed E-state index contributed by atoms with van der Waals surface area (Å²) in [5, 5.41) is 12.3. The van der Waals surface area contributed by atoms with Crippen molar-refractivity contribution in [3.8, 4) is 0 Å². The van der Waals surface area contributed by atoms with Gasteiger partial charge in [0.2, 0.25) is 0 Å². The van der Waals surface area contributed by atoms with Gasteiger partial charge in [0.1, 0.15) is 11.6 Å². The van der Waals surface area contributed by atoms with Gasteiger partial charge in [-0.05, 0) is 23.8 Å². The normalized spacial score (nSPS) is 12.4. The maximum absolute atomic E-state index is 13.6. The van der Waals surface area contributed by atoms with E-state index in [1.54, 1.807) is 0 Å². The topological polar surface area (TPSA) is 32.3 Å². The summed E-state index contributed by atoms with van der Waals surface area (Å²) in [4.78, 5) is 0. The Bertz CT molecular complexity index is 531. The first-order valence-corrected chi connectivity index (χ1v) is 6.04. The molecule has 2 N–H and O–H groups in total. The van der Waals surface area contributed by atoms with E-state index < -0.39 is 17.7 Å². The van der Waals surface area contributed by atoms with Crippen LogP contribution in [0.15, 0.2) is 48.5 Å². The Hall–Kier alpha value is -1.78. The van der Waals surface area contributed by atoms with Gasteiger partial charge >= 0.3 is 0 Å². The number of aliphatic hydroxyl groups excluding tert-OH is 1. The Morgan fingerprint density at radius 1 is 1.05 bits per heavy atom. The Morgan fingerprint density at radius 3 is 2.47 bits per heavy atom.